The van der Waals surface area contributed by atoms with Crippen LogP contribution in [0.15, 0.2) is 18.5 Å². The summed E-state index contributed by atoms with van der Waals surface area (Å²) in [5.41, 5.74) is 7.36. The Morgan fingerprint density at radius 2 is 1.83 bits per heavy atom. The zero-order valence-electron chi connectivity index (χ0n) is 20.2. The van der Waals surface area contributed by atoms with Gasteiger partial charge in [-0.1, -0.05) is 23.2 Å². The van der Waals surface area contributed by atoms with E-state index in [0.29, 0.717) is 53.9 Å². The highest BCUT2D eigenvalue weighted by Crippen LogP contribution is 2.33. The summed E-state index contributed by atoms with van der Waals surface area (Å²) in [4.78, 5) is 13.5. The molecule has 2 aromatic heterocycles. The minimum atomic E-state index is -0.330. The molecule has 1 saturated carbocycles. The Kier molecular flexibility index (Phi) is 9.38. The molecule has 2 aliphatic rings. The maximum Gasteiger partial charge on any atom is 0.155 e. The number of nitrogens with zero attached hydrogens (tertiary/aromatic N) is 3. The van der Waals surface area contributed by atoms with E-state index in [1.807, 2.05) is 6.07 Å². The van der Waals surface area contributed by atoms with Gasteiger partial charge in [0, 0.05) is 62.8 Å². The number of hydrogen-bond donors (Lipinski definition) is 4. The molecule has 0 bridgehead atoms. The molecule has 0 spiro atoms. The third-order valence-corrected chi connectivity index (χ3v) is 7.34. The van der Waals surface area contributed by atoms with E-state index in [9.17, 15) is 0 Å². The van der Waals surface area contributed by atoms with Crippen LogP contribution in [0.5, 0.6) is 0 Å². The van der Waals surface area contributed by atoms with E-state index < -0.39 is 0 Å². The van der Waals surface area contributed by atoms with Gasteiger partial charge in [0.25, 0.3) is 0 Å². The highest BCUT2D eigenvalue weighted by Gasteiger charge is 2.28. The molecule has 1 aliphatic heterocycles. The van der Waals surface area contributed by atoms with Crippen LogP contribution in [-0.2, 0) is 9.47 Å². The van der Waals surface area contributed by atoms with Gasteiger partial charge >= 0.3 is 0 Å². The molecule has 3 heterocycles. The first-order valence-electron chi connectivity index (χ1n) is 12.2. The highest BCUT2D eigenvalue weighted by molar-refractivity contribution is 6.35. The van der Waals surface area contributed by atoms with Gasteiger partial charge < -0.3 is 31.2 Å². The first-order valence-corrected chi connectivity index (χ1v) is 13.0. The molecular weight excluding hydrogens is 489 g/mol. The maximum atomic E-state index is 6.51. The quantitative estimate of drug-likeness (QED) is 0.345. The van der Waals surface area contributed by atoms with E-state index in [0.717, 1.165) is 57.5 Å². The Morgan fingerprint density at radius 1 is 1.09 bits per heavy atom. The number of rotatable bonds is 10. The van der Waals surface area contributed by atoms with E-state index in [1.54, 1.807) is 19.5 Å². The van der Waals surface area contributed by atoms with Gasteiger partial charge in [-0.05, 0) is 44.6 Å². The molecule has 2 fully saturated rings. The molecule has 0 atom stereocenters. The summed E-state index contributed by atoms with van der Waals surface area (Å²) in [5, 5.41) is 11.2. The summed E-state index contributed by atoms with van der Waals surface area (Å²) < 4.78 is 10.6. The minimum absolute atomic E-state index is 0.283. The predicted molar refractivity (Wildman–Crippen MR) is 140 cm³/mol. The first kappa shape index (κ1) is 26.3. The third kappa shape index (κ3) is 7.38. The highest BCUT2D eigenvalue weighted by atomic mass is 35.5. The number of methoxy groups -OCH3 is 1. The monoisotopic (exact) mass is 523 g/mol. The van der Waals surface area contributed by atoms with Crippen molar-refractivity contribution in [3.8, 4) is 11.3 Å². The van der Waals surface area contributed by atoms with Crippen molar-refractivity contribution in [1.82, 2.24) is 20.3 Å². The average Bonchev–Trinajstić information content (AvgIpc) is 2.86. The number of anilines is 2. The summed E-state index contributed by atoms with van der Waals surface area (Å²) >= 11 is 12.9. The summed E-state index contributed by atoms with van der Waals surface area (Å²) in [6.07, 6.45) is 9.19. The SMILES string of the molecule is COCCNC1CCC(Nc2cc(-c3nc(NCC4(N)CCOCC4)cnc3Cl)c(Cl)cn2)CC1. The molecule has 0 amide bonds. The van der Waals surface area contributed by atoms with Crippen LogP contribution in [0.25, 0.3) is 11.3 Å². The van der Waals surface area contributed by atoms with Crippen LogP contribution >= 0.6 is 23.2 Å². The lowest BCUT2D eigenvalue weighted by Crippen LogP contribution is -2.50. The summed E-state index contributed by atoms with van der Waals surface area (Å²) in [6, 6.07) is 2.79. The molecular formula is C24H35Cl2N7O2. The predicted octanol–water partition coefficient (Wildman–Crippen LogP) is 3.72. The summed E-state index contributed by atoms with van der Waals surface area (Å²) in [6.45, 7) is 3.54. The number of nitrogens with one attached hydrogen (secondary N) is 3. The van der Waals surface area contributed by atoms with Crippen LogP contribution in [0, 0.1) is 0 Å². The normalized spacial score (nSPS) is 22.1. The van der Waals surface area contributed by atoms with E-state index in [-0.39, 0.29) is 10.7 Å². The molecule has 192 valence electrons. The Hall–Kier alpha value is -1.75. The van der Waals surface area contributed by atoms with Crippen molar-refractivity contribution < 1.29 is 9.47 Å². The molecule has 0 aromatic carbocycles. The topological polar surface area (TPSA) is 119 Å². The average molecular weight is 524 g/mol. The standard InChI is InChI=1S/C24H35Cl2N7O2/c1-34-11-8-28-16-2-4-17(5-3-16)32-20-12-18(19(25)13-29-20)22-23(26)30-14-21(33-22)31-15-24(27)6-9-35-10-7-24/h12-14,16-17,28H,2-11,15,27H2,1H3,(H,29,32)(H,31,33). The van der Waals surface area contributed by atoms with Gasteiger partial charge in [-0.15, -0.1) is 0 Å². The smallest absolute Gasteiger partial charge is 0.155 e. The minimum Gasteiger partial charge on any atom is -0.383 e. The molecule has 2 aromatic rings. The Morgan fingerprint density at radius 3 is 2.57 bits per heavy atom. The number of hydrogen-bond acceptors (Lipinski definition) is 9. The fourth-order valence-electron chi connectivity index (χ4n) is 4.57. The Balaban J connectivity index is 1.40. The fraction of sp³-hybridized carbons (Fsp3) is 0.625. The van der Waals surface area contributed by atoms with Crippen LogP contribution in [0.1, 0.15) is 38.5 Å². The van der Waals surface area contributed by atoms with Crippen LogP contribution in [0.2, 0.25) is 10.2 Å². The van der Waals surface area contributed by atoms with Gasteiger partial charge in [0.05, 0.1) is 17.8 Å². The van der Waals surface area contributed by atoms with E-state index in [4.69, 9.17) is 43.4 Å². The van der Waals surface area contributed by atoms with Gasteiger partial charge in [-0.25, -0.2) is 15.0 Å². The lowest BCUT2D eigenvalue weighted by molar-refractivity contribution is 0.0574. The molecule has 11 heteroatoms. The van der Waals surface area contributed by atoms with Crippen molar-refractivity contribution in [2.45, 2.75) is 56.1 Å². The number of ether oxygens (including phenoxy) is 2. The van der Waals surface area contributed by atoms with E-state index in [1.165, 1.54) is 0 Å². The zero-order valence-corrected chi connectivity index (χ0v) is 21.7. The third-order valence-electron chi connectivity index (χ3n) is 6.77. The molecule has 5 N–H and O–H groups in total. The zero-order chi connectivity index (χ0) is 24.7. The van der Waals surface area contributed by atoms with Crippen LogP contribution in [0.3, 0.4) is 0 Å². The molecule has 9 nitrogen and oxygen atoms in total. The van der Waals surface area contributed by atoms with E-state index >= 15 is 0 Å². The second-order valence-corrected chi connectivity index (χ2v) is 10.2. The molecule has 1 aliphatic carbocycles. The van der Waals surface area contributed by atoms with Gasteiger partial charge in [-0.2, -0.15) is 0 Å². The number of halogens is 2. The molecule has 35 heavy (non-hydrogen) atoms. The number of pyridine rings is 1. The number of aromatic nitrogens is 3. The number of nitrogens with two attached hydrogens (primary N) is 1. The second-order valence-electron chi connectivity index (χ2n) is 9.41. The van der Waals surface area contributed by atoms with Crippen molar-refractivity contribution in [1.29, 1.82) is 0 Å². The molecule has 0 unspecified atom stereocenters. The Bertz CT molecular complexity index is 967. The molecule has 1 saturated heterocycles. The van der Waals surface area contributed by atoms with Crippen molar-refractivity contribution in [2.24, 2.45) is 5.73 Å². The summed E-state index contributed by atoms with van der Waals surface area (Å²) in [7, 11) is 1.73. The first-order chi connectivity index (χ1) is 17.0. The molecule has 4 rings (SSSR count). The van der Waals surface area contributed by atoms with Crippen molar-refractivity contribution in [2.75, 3.05) is 50.7 Å². The van der Waals surface area contributed by atoms with E-state index in [2.05, 4.69) is 25.9 Å². The largest absolute Gasteiger partial charge is 0.383 e. The van der Waals surface area contributed by atoms with Crippen LogP contribution < -0.4 is 21.7 Å². The van der Waals surface area contributed by atoms with Gasteiger partial charge in [0.15, 0.2) is 5.15 Å². The second kappa shape index (κ2) is 12.5. The maximum absolute atomic E-state index is 6.51. The van der Waals surface area contributed by atoms with Crippen LogP contribution in [0.4, 0.5) is 11.6 Å². The summed E-state index contributed by atoms with van der Waals surface area (Å²) in [5.74, 6) is 1.35. The Labute approximate surface area is 216 Å². The van der Waals surface area contributed by atoms with Gasteiger partial charge in [0.2, 0.25) is 0 Å². The van der Waals surface area contributed by atoms with Gasteiger partial charge in [0.1, 0.15) is 17.3 Å². The van der Waals surface area contributed by atoms with Crippen molar-refractivity contribution >= 4 is 34.8 Å². The lowest BCUT2D eigenvalue weighted by atomic mass is 9.91. The molecule has 0 radical (unpaired) electrons. The van der Waals surface area contributed by atoms with Crippen LogP contribution in [-0.4, -0.2) is 72.6 Å². The lowest BCUT2D eigenvalue weighted by Gasteiger charge is -2.33. The van der Waals surface area contributed by atoms with Crippen molar-refractivity contribution in [3.05, 3.63) is 28.6 Å². The fourth-order valence-corrected chi connectivity index (χ4v) is 4.95. The van der Waals surface area contributed by atoms with Crippen molar-refractivity contribution in [3.63, 3.8) is 0 Å². The van der Waals surface area contributed by atoms with Gasteiger partial charge in [-0.3, -0.25) is 0 Å².